The monoisotopic (exact) mass is 464 g/mol. The van der Waals surface area contributed by atoms with Crippen molar-refractivity contribution in [1.29, 1.82) is 0 Å². The number of esters is 1. The molecule has 1 fully saturated rings. The summed E-state index contributed by atoms with van der Waals surface area (Å²) in [4.78, 5) is 49.2. The van der Waals surface area contributed by atoms with Gasteiger partial charge in [0.1, 0.15) is 6.54 Å². The Morgan fingerprint density at radius 1 is 1.12 bits per heavy atom. The van der Waals surface area contributed by atoms with Crippen LogP contribution < -0.4 is 0 Å². The fraction of sp³-hybridized carbons (Fsp3) is 0.167. The molecule has 1 aromatic heterocycles. The Labute approximate surface area is 193 Å². The number of carboxylic acid groups (broad SMARTS) is 1. The van der Waals surface area contributed by atoms with E-state index in [1.54, 1.807) is 25.1 Å². The largest absolute Gasteiger partial charge is 0.478 e. The number of hydrogen-bond acceptors (Lipinski definition) is 6. The molecule has 168 valence electrons. The Morgan fingerprint density at radius 2 is 1.91 bits per heavy atom. The van der Waals surface area contributed by atoms with Gasteiger partial charge in [-0.2, -0.15) is 0 Å². The van der Waals surface area contributed by atoms with Crippen molar-refractivity contribution in [3.05, 3.63) is 76.3 Å². The molecule has 0 unspecified atom stereocenters. The van der Waals surface area contributed by atoms with Crippen molar-refractivity contribution in [2.24, 2.45) is 0 Å². The molecular formula is C24H20N2O6S. The Balaban J connectivity index is 1.66. The molecule has 2 amide bonds. The average Bonchev–Trinajstić information content (AvgIpc) is 3.26. The number of imide groups is 1. The molecule has 0 aliphatic carbocycles. The smallest absolute Gasteiger partial charge is 0.335 e. The summed E-state index contributed by atoms with van der Waals surface area (Å²) >= 11 is 0.780. The molecule has 1 saturated heterocycles. The van der Waals surface area contributed by atoms with E-state index < -0.39 is 29.6 Å². The van der Waals surface area contributed by atoms with Crippen molar-refractivity contribution in [3.8, 4) is 0 Å². The normalized spacial score (nSPS) is 14.9. The van der Waals surface area contributed by atoms with Crippen LogP contribution in [-0.2, 0) is 20.9 Å². The lowest BCUT2D eigenvalue weighted by atomic mass is 10.1. The van der Waals surface area contributed by atoms with E-state index in [0.29, 0.717) is 6.54 Å². The number of carbonyl (C=O) groups is 4. The summed E-state index contributed by atoms with van der Waals surface area (Å²) in [5.41, 5.74) is 2.66. The summed E-state index contributed by atoms with van der Waals surface area (Å²) in [7, 11) is 0. The van der Waals surface area contributed by atoms with Crippen molar-refractivity contribution >= 4 is 51.8 Å². The third kappa shape index (κ3) is 4.68. The van der Waals surface area contributed by atoms with Crippen molar-refractivity contribution in [2.75, 3.05) is 13.2 Å². The van der Waals surface area contributed by atoms with Crippen LogP contribution in [0.2, 0.25) is 0 Å². The Kier molecular flexibility index (Phi) is 6.32. The van der Waals surface area contributed by atoms with Crippen LogP contribution in [0.4, 0.5) is 4.79 Å². The third-order valence-corrected chi connectivity index (χ3v) is 6.01. The number of rotatable bonds is 7. The molecule has 2 heterocycles. The quantitative estimate of drug-likeness (QED) is 0.416. The van der Waals surface area contributed by atoms with Crippen molar-refractivity contribution in [2.45, 2.75) is 13.5 Å². The van der Waals surface area contributed by atoms with Crippen LogP contribution in [0.3, 0.4) is 0 Å². The van der Waals surface area contributed by atoms with Gasteiger partial charge in [0.05, 0.1) is 17.1 Å². The lowest BCUT2D eigenvalue weighted by molar-refractivity contribution is -0.145. The van der Waals surface area contributed by atoms with Crippen LogP contribution in [0, 0.1) is 0 Å². The van der Waals surface area contributed by atoms with E-state index in [2.05, 4.69) is 0 Å². The highest BCUT2D eigenvalue weighted by atomic mass is 32.2. The van der Waals surface area contributed by atoms with Crippen LogP contribution in [0.25, 0.3) is 17.0 Å². The fourth-order valence-electron chi connectivity index (χ4n) is 3.63. The first-order valence-electron chi connectivity index (χ1n) is 10.2. The van der Waals surface area contributed by atoms with Gasteiger partial charge in [-0.05, 0) is 48.5 Å². The molecule has 2 aromatic carbocycles. The number of aromatic nitrogens is 1. The van der Waals surface area contributed by atoms with E-state index in [1.807, 2.05) is 41.1 Å². The number of amides is 2. The van der Waals surface area contributed by atoms with Crippen LogP contribution >= 0.6 is 11.8 Å². The van der Waals surface area contributed by atoms with Crippen molar-refractivity contribution < 1.29 is 29.0 Å². The van der Waals surface area contributed by atoms with E-state index in [-0.39, 0.29) is 17.1 Å². The van der Waals surface area contributed by atoms with Gasteiger partial charge in [0, 0.05) is 29.2 Å². The van der Waals surface area contributed by atoms with Gasteiger partial charge < -0.3 is 14.4 Å². The molecule has 0 spiro atoms. The number of ether oxygens (including phenoxy) is 1. The number of benzene rings is 2. The second-order valence-corrected chi connectivity index (χ2v) is 8.30. The minimum Gasteiger partial charge on any atom is -0.478 e. The molecule has 1 N–H and O–H groups in total. The van der Waals surface area contributed by atoms with E-state index in [4.69, 9.17) is 4.74 Å². The van der Waals surface area contributed by atoms with Crippen molar-refractivity contribution in [3.63, 3.8) is 0 Å². The number of thioether (sulfide) groups is 1. The standard InChI is InChI=1S/C24H20N2O6S/c1-2-32-21(27)14-26-22(28)20(33-24(26)31)11-17-13-25(19-9-4-3-8-18(17)19)12-15-6-5-7-16(10-15)23(29)30/h3-11,13H,2,12,14H2,1H3,(H,29,30)/b20-11+. The molecule has 8 nitrogen and oxygen atoms in total. The van der Waals surface area contributed by atoms with Gasteiger partial charge in [0.25, 0.3) is 11.1 Å². The second-order valence-electron chi connectivity index (χ2n) is 7.31. The maximum Gasteiger partial charge on any atom is 0.335 e. The number of hydrogen-bond donors (Lipinski definition) is 1. The molecular weight excluding hydrogens is 444 g/mol. The molecule has 4 rings (SSSR count). The topological polar surface area (TPSA) is 106 Å². The molecule has 0 atom stereocenters. The van der Waals surface area contributed by atoms with Crippen LogP contribution in [-0.4, -0.2) is 50.8 Å². The fourth-order valence-corrected chi connectivity index (χ4v) is 4.46. The van der Waals surface area contributed by atoms with Gasteiger partial charge in [-0.15, -0.1) is 0 Å². The van der Waals surface area contributed by atoms with Gasteiger partial charge in [-0.1, -0.05) is 30.3 Å². The van der Waals surface area contributed by atoms with Gasteiger partial charge in [-0.3, -0.25) is 19.3 Å². The SMILES string of the molecule is CCOC(=O)CN1C(=O)S/C(=C/c2cn(Cc3cccc(C(=O)O)c3)c3ccccc23)C1=O. The molecule has 0 saturated carbocycles. The third-order valence-electron chi connectivity index (χ3n) is 5.10. The lowest BCUT2D eigenvalue weighted by Crippen LogP contribution is -2.34. The number of nitrogens with zero attached hydrogens (tertiary/aromatic N) is 2. The van der Waals surface area contributed by atoms with Crippen LogP contribution in [0.5, 0.6) is 0 Å². The summed E-state index contributed by atoms with van der Waals surface area (Å²) in [5.74, 6) is -2.17. The summed E-state index contributed by atoms with van der Waals surface area (Å²) in [5, 5.41) is 9.61. The summed E-state index contributed by atoms with van der Waals surface area (Å²) in [6.45, 7) is 1.83. The zero-order chi connectivity index (χ0) is 23.5. The highest BCUT2D eigenvalue weighted by Crippen LogP contribution is 2.34. The zero-order valence-corrected chi connectivity index (χ0v) is 18.5. The van der Waals surface area contributed by atoms with E-state index >= 15 is 0 Å². The minimum atomic E-state index is -0.992. The average molecular weight is 464 g/mol. The second kappa shape index (κ2) is 9.33. The number of fused-ring (bicyclic) bond motifs is 1. The first-order chi connectivity index (χ1) is 15.9. The molecule has 0 radical (unpaired) electrons. The molecule has 33 heavy (non-hydrogen) atoms. The minimum absolute atomic E-state index is 0.166. The van der Waals surface area contributed by atoms with E-state index in [1.165, 1.54) is 6.07 Å². The zero-order valence-electron chi connectivity index (χ0n) is 17.7. The predicted octanol–water partition coefficient (Wildman–Crippen LogP) is 3.99. The number of aromatic carboxylic acids is 1. The number of carboxylic acids is 1. The highest BCUT2D eigenvalue weighted by Gasteiger charge is 2.36. The van der Waals surface area contributed by atoms with Gasteiger partial charge in [0.2, 0.25) is 0 Å². The Hall–Kier alpha value is -3.85. The summed E-state index contributed by atoms with van der Waals surface area (Å²) < 4.78 is 6.80. The first-order valence-corrected chi connectivity index (χ1v) is 11.0. The molecule has 1 aliphatic rings. The maximum absolute atomic E-state index is 12.7. The first kappa shape index (κ1) is 22.3. The van der Waals surface area contributed by atoms with Crippen LogP contribution in [0.15, 0.2) is 59.6 Å². The van der Waals surface area contributed by atoms with Gasteiger partial charge >= 0.3 is 11.9 Å². The molecule has 1 aliphatic heterocycles. The Bertz CT molecular complexity index is 1310. The maximum atomic E-state index is 12.7. The predicted molar refractivity (Wildman–Crippen MR) is 124 cm³/mol. The van der Waals surface area contributed by atoms with Crippen LogP contribution in [0.1, 0.15) is 28.4 Å². The molecule has 3 aromatic rings. The molecule has 9 heteroatoms. The Morgan fingerprint density at radius 3 is 2.67 bits per heavy atom. The number of para-hydroxylation sites is 1. The lowest BCUT2D eigenvalue weighted by Gasteiger charge is -2.10. The summed E-state index contributed by atoms with van der Waals surface area (Å²) in [6.07, 6.45) is 3.50. The van der Waals surface area contributed by atoms with E-state index in [9.17, 15) is 24.3 Å². The van der Waals surface area contributed by atoms with E-state index in [0.717, 1.165) is 38.7 Å². The molecule has 0 bridgehead atoms. The number of carbonyl (C=O) groups excluding carboxylic acids is 3. The highest BCUT2D eigenvalue weighted by molar-refractivity contribution is 8.18. The van der Waals surface area contributed by atoms with Gasteiger partial charge in [-0.25, -0.2) is 4.79 Å². The van der Waals surface area contributed by atoms with Gasteiger partial charge in [0.15, 0.2) is 0 Å². The van der Waals surface area contributed by atoms with Crippen molar-refractivity contribution in [1.82, 2.24) is 9.47 Å². The summed E-state index contributed by atoms with van der Waals surface area (Å²) in [6, 6.07) is 14.3.